The summed E-state index contributed by atoms with van der Waals surface area (Å²) in [5, 5.41) is 0. The number of morpholine rings is 1. The molecule has 5 rings (SSSR count). The first-order valence-corrected chi connectivity index (χ1v) is 16.1. The maximum atomic E-state index is 5.62. The van der Waals surface area contributed by atoms with E-state index >= 15 is 0 Å². The van der Waals surface area contributed by atoms with Crippen LogP contribution in [0, 0.1) is 5.92 Å². The highest BCUT2D eigenvalue weighted by Crippen LogP contribution is 2.23. The number of piperidine rings is 1. The van der Waals surface area contributed by atoms with Gasteiger partial charge < -0.3 is 9.64 Å². The van der Waals surface area contributed by atoms with Crippen LogP contribution < -0.4 is 0 Å². The molecular formula is C39H71N3O. The lowest BCUT2D eigenvalue weighted by Crippen LogP contribution is -2.48. The first kappa shape index (κ1) is 41.3. The molecule has 2 aromatic carbocycles. The molecule has 0 saturated carbocycles. The standard InChI is InChI=1S/C15H23N.C12H17N.C9H19NO.3CH4/c1-13(2)16-10-8-15(9-11-16)12-14-6-4-3-5-7-14;1-10(2)13-8-7-11-5-3-4-6-12(11)9-13;1-7(2)10-5-8(3)11-9(4)6-10;;;/h3-7,13,15H,8-12H2,1-2H3;3-6,10H,7-9H2,1-2H3;7-9H,5-6H2,1-4H3;3*1H4/t;;8-,9+;;;. The summed E-state index contributed by atoms with van der Waals surface area (Å²) in [7, 11) is 0. The van der Waals surface area contributed by atoms with E-state index in [1.165, 1.54) is 56.4 Å². The Morgan fingerprint density at radius 2 is 1.12 bits per heavy atom. The largest absolute Gasteiger partial charge is 0.373 e. The van der Waals surface area contributed by atoms with E-state index in [9.17, 15) is 0 Å². The van der Waals surface area contributed by atoms with Crippen molar-refractivity contribution in [1.82, 2.24) is 14.7 Å². The molecule has 0 unspecified atom stereocenters. The summed E-state index contributed by atoms with van der Waals surface area (Å²) in [4.78, 5) is 7.60. The molecule has 0 aliphatic carbocycles. The molecule has 4 nitrogen and oxygen atoms in total. The Morgan fingerprint density at radius 3 is 1.63 bits per heavy atom. The summed E-state index contributed by atoms with van der Waals surface area (Å²) in [6, 6.07) is 21.8. The van der Waals surface area contributed by atoms with Crippen molar-refractivity contribution in [2.24, 2.45) is 5.92 Å². The number of ether oxygens (including phenoxy) is 1. The maximum absolute atomic E-state index is 5.62. The van der Waals surface area contributed by atoms with Crippen LogP contribution in [-0.4, -0.2) is 77.8 Å². The van der Waals surface area contributed by atoms with Gasteiger partial charge in [-0.3, -0.25) is 9.80 Å². The molecule has 0 bridgehead atoms. The summed E-state index contributed by atoms with van der Waals surface area (Å²) in [5.41, 5.74) is 4.56. The summed E-state index contributed by atoms with van der Waals surface area (Å²) >= 11 is 0. The number of nitrogens with zero attached hydrogens (tertiary/aromatic N) is 3. The number of hydrogen-bond donors (Lipinski definition) is 0. The molecule has 43 heavy (non-hydrogen) atoms. The zero-order valence-corrected chi connectivity index (χ0v) is 27.0. The first-order valence-electron chi connectivity index (χ1n) is 16.1. The van der Waals surface area contributed by atoms with Crippen LogP contribution in [0.4, 0.5) is 0 Å². The molecule has 2 atom stereocenters. The molecule has 0 spiro atoms. The summed E-state index contributed by atoms with van der Waals surface area (Å²) in [6.45, 7) is 25.0. The molecule has 2 fully saturated rings. The summed E-state index contributed by atoms with van der Waals surface area (Å²) in [6.07, 6.45) is 6.03. The number of likely N-dealkylation sites (tertiary alicyclic amines) is 1. The maximum Gasteiger partial charge on any atom is 0.0678 e. The van der Waals surface area contributed by atoms with Gasteiger partial charge in [0.1, 0.15) is 0 Å². The first-order chi connectivity index (χ1) is 19.1. The zero-order valence-electron chi connectivity index (χ0n) is 27.0. The van der Waals surface area contributed by atoms with Gasteiger partial charge in [-0.25, -0.2) is 0 Å². The highest BCUT2D eigenvalue weighted by Gasteiger charge is 2.23. The van der Waals surface area contributed by atoms with Gasteiger partial charge in [0.15, 0.2) is 0 Å². The minimum atomic E-state index is 0. The third-order valence-electron chi connectivity index (χ3n) is 8.82. The van der Waals surface area contributed by atoms with Crippen molar-refractivity contribution < 1.29 is 4.74 Å². The third-order valence-corrected chi connectivity index (χ3v) is 8.82. The lowest BCUT2D eigenvalue weighted by Gasteiger charge is -2.37. The van der Waals surface area contributed by atoms with E-state index in [-0.39, 0.29) is 22.3 Å². The lowest BCUT2D eigenvalue weighted by atomic mass is 9.90. The fraction of sp³-hybridized carbons (Fsp3) is 0.692. The van der Waals surface area contributed by atoms with E-state index in [4.69, 9.17) is 4.74 Å². The molecule has 2 aromatic rings. The Kier molecular flexibility index (Phi) is 20.2. The van der Waals surface area contributed by atoms with Crippen molar-refractivity contribution in [3.63, 3.8) is 0 Å². The fourth-order valence-electron chi connectivity index (χ4n) is 6.22. The van der Waals surface area contributed by atoms with Crippen molar-refractivity contribution in [2.45, 2.75) is 140 Å². The summed E-state index contributed by atoms with van der Waals surface area (Å²) in [5.74, 6) is 0.900. The molecule has 4 heteroatoms. The normalized spacial score (nSPS) is 21.3. The van der Waals surface area contributed by atoms with E-state index in [0.29, 0.717) is 24.3 Å². The van der Waals surface area contributed by atoms with Gasteiger partial charge in [-0.15, -0.1) is 0 Å². The highest BCUT2D eigenvalue weighted by molar-refractivity contribution is 5.29. The van der Waals surface area contributed by atoms with Gasteiger partial charge in [0.2, 0.25) is 0 Å². The van der Waals surface area contributed by atoms with Gasteiger partial charge in [0, 0.05) is 44.3 Å². The molecule has 0 amide bonds. The van der Waals surface area contributed by atoms with Gasteiger partial charge >= 0.3 is 0 Å². The van der Waals surface area contributed by atoms with Crippen molar-refractivity contribution in [1.29, 1.82) is 0 Å². The monoisotopic (exact) mass is 598 g/mol. The molecule has 3 heterocycles. The van der Waals surface area contributed by atoms with Crippen LogP contribution in [0.15, 0.2) is 54.6 Å². The quantitative estimate of drug-likeness (QED) is 0.342. The number of benzene rings is 2. The minimum Gasteiger partial charge on any atom is -0.373 e. The van der Waals surface area contributed by atoms with Crippen LogP contribution in [0.1, 0.15) is 107 Å². The third kappa shape index (κ3) is 14.3. The van der Waals surface area contributed by atoms with E-state index < -0.39 is 0 Å². The Hall–Kier alpha value is -1.72. The fourth-order valence-corrected chi connectivity index (χ4v) is 6.22. The van der Waals surface area contributed by atoms with Crippen molar-refractivity contribution in [3.05, 3.63) is 71.3 Å². The predicted molar refractivity (Wildman–Crippen MR) is 192 cm³/mol. The highest BCUT2D eigenvalue weighted by atomic mass is 16.5. The van der Waals surface area contributed by atoms with Crippen LogP contribution in [0.3, 0.4) is 0 Å². The SMILES string of the molecule is C.C.C.CC(C)N1CCC(Cc2ccccc2)CC1.CC(C)N1CCc2ccccc2C1.CC(C)N1C[C@@H](C)O[C@@H](C)C1. The molecule has 0 radical (unpaired) electrons. The van der Waals surface area contributed by atoms with Crippen molar-refractivity contribution >= 4 is 0 Å². The van der Waals surface area contributed by atoms with Crippen LogP contribution in [0.5, 0.6) is 0 Å². The Morgan fingerprint density at radius 1 is 0.628 bits per heavy atom. The topological polar surface area (TPSA) is 19.0 Å². The van der Waals surface area contributed by atoms with Crippen LogP contribution in [0.2, 0.25) is 0 Å². The molecule has 248 valence electrons. The van der Waals surface area contributed by atoms with Gasteiger partial charge in [0.05, 0.1) is 12.2 Å². The molecule has 3 aliphatic rings. The van der Waals surface area contributed by atoms with Crippen LogP contribution in [-0.2, 0) is 24.1 Å². The second-order valence-electron chi connectivity index (χ2n) is 13.2. The molecule has 3 aliphatic heterocycles. The molecular weight excluding hydrogens is 526 g/mol. The average molecular weight is 598 g/mol. The van der Waals surface area contributed by atoms with Gasteiger partial charge in [-0.1, -0.05) is 76.9 Å². The molecule has 0 N–H and O–H groups in total. The van der Waals surface area contributed by atoms with Crippen LogP contribution in [0.25, 0.3) is 0 Å². The Balaban J connectivity index is 0.000000605. The number of fused-ring (bicyclic) bond motifs is 1. The lowest BCUT2D eigenvalue weighted by molar-refractivity contribution is -0.0764. The molecule has 0 aromatic heterocycles. The second-order valence-corrected chi connectivity index (χ2v) is 13.2. The Labute approximate surface area is 269 Å². The zero-order chi connectivity index (χ0) is 29.1. The van der Waals surface area contributed by atoms with E-state index in [1.54, 1.807) is 5.56 Å². The smallest absolute Gasteiger partial charge is 0.0678 e. The average Bonchev–Trinajstić information content (AvgIpc) is 2.94. The van der Waals surface area contributed by atoms with Crippen LogP contribution >= 0.6 is 0 Å². The number of rotatable bonds is 5. The van der Waals surface area contributed by atoms with Gasteiger partial charge in [0.25, 0.3) is 0 Å². The van der Waals surface area contributed by atoms with Crippen molar-refractivity contribution in [2.75, 3.05) is 32.7 Å². The Bertz CT molecular complexity index is 942. The summed E-state index contributed by atoms with van der Waals surface area (Å²) < 4.78 is 5.62. The minimum absolute atomic E-state index is 0. The van der Waals surface area contributed by atoms with E-state index in [2.05, 4.69) is 125 Å². The van der Waals surface area contributed by atoms with E-state index in [0.717, 1.165) is 31.6 Å². The predicted octanol–water partition coefficient (Wildman–Crippen LogP) is 9.21. The van der Waals surface area contributed by atoms with Gasteiger partial charge in [-0.2, -0.15) is 0 Å². The van der Waals surface area contributed by atoms with Crippen molar-refractivity contribution in [3.8, 4) is 0 Å². The number of hydrogen-bond acceptors (Lipinski definition) is 4. The van der Waals surface area contributed by atoms with E-state index in [1.807, 2.05) is 0 Å². The molecule has 2 saturated heterocycles. The second kappa shape index (κ2) is 21.1. The van der Waals surface area contributed by atoms with Gasteiger partial charge in [-0.05, 0) is 117 Å².